The molecule has 0 amide bonds. The predicted molar refractivity (Wildman–Crippen MR) is 63.0 cm³/mol. The van der Waals surface area contributed by atoms with Gasteiger partial charge in [-0.25, -0.2) is 0 Å². The van der Waals surface area contributed by atoms with Gasteiger partial charge in [0.05, 0.1) is 19.8 Å². The molecule has 3 rings (SSSR count). The zero-order valence-electron chi connectivity index (χ0n) is 10.4. The van der Waals surface area contributed by atoms with Crippen molar-refractivity contribution in [2.24, 2.45) is 5.73 Å². The van der Waals surface area contributed by atoms with Crippen LogP contribution in [0.15, 0.2) is 4.52 Å². The maximum atomic E-state index is 5.98. The van der Waals surface area contributed by atoms with Crippen molar-refractivity contribution in [3.63, 3.8) is 0 Å². The molecule has 1 aromatic rings. The van der Waals surface area contributed by atoms with Crippen LogP contribution < -0.4 is 5.73 Å². The third-order valence-electron chi connectivity index (χ3n) is 3.63. The average molecular weight is 253 g/mol. The van der Waals surface area contributed by atoms with E-state index in [-0.39, 0.29) is 12.1 Å². The second-order valence-electron chi connectivity index (χ2n) is 5.05. The molecule has 1 saturated carbocycles. The van der Waals surface area contributed by atoms with E-state index in [1.165, 1.54) is 0 Å². The van der Waals surface area contributed by atoms with Crippen molar-refractivity contribution in [3.8, 4) is 0 Å². The number of aromatic nitrogens is 2. The highest BCUT2D eigenvalue weighted by Gasteiger charge is 2.28. The molecule has 3 unspecified atom stereocenters. The van der Waals surface area contributed by atoms with Gasteiger partial charge in [-0.1, -0.05) is 11.6 Å². The second kappa shape index (κ2) is 5.34. The Labute approximate surface area is 106 Å². The monoisotopic (exact) mass is 253 g/mol. The molecule has 1 aliphatic heterocycles. The summed E-state index contributed by atoms with van der Waals surface area (Å²) in [6.45, 7) is 1.73. The number of nitrogens with two attached hydrogens (primary N) is 1. The average Bonchev–Trinajstić information content (AvgIpc) is 2.89. The van der Waals surface area contributed by atoms with E-state index >= 15 is 0 Å². The van der Waals surface area contributed by atoms with Crippen LogP contribution in [0, 0.1) is 0 Å². The molecule has 1 saturated heterocycles. The first-order chi connectivity index (χ1) is 8.83. The second-order valence-corrected chi connectivity index (χ2v) is 5.05. The molecule has 100 valence electrons. The molecule has 0 spiro atoms. The molecule has 0 radical (unpaired) electrons. The molecule has 0 aromatic carbocycles. The van der Waals surface area contributed by atoms with Gasteiger partial charge in [-0.3, -0.25) is 0 Å². The summed E-state index contributed by atoms with van der Waals surface area (Å²) in [5.41, 5.74) is 5.98. The van der Waals surface area contributed by atoms with E-state index in [4.69, 9.17) is 19.7 Å². The fourth-order valence-electron chi connectivity index (χ4n) is 2.63. The van der Waals surface area contributed by atoms with E-state index in [0.29, 0.717) is 37.5 Å². The summed E-state index contributed by atoms with van der Waals surface area (Å²) in [5.74, 6) is 1.61. The van der Waals surface area contributed by atoms with Crippen molar-refractivity contribution >= 4 is 0 Å². The number of rotatable bonds is 2. The van der Waals surface area contributed by atoms with Gasteiger partial charge in [0, 0.05) is 12.0 Å². The third kappa shape index (κ3) is 2.55. The number of ether oxygens (including phenoxy) is 2. The van der Waals surface area contributed by atoms with Crippen LogP contribution in [0.4, 0.5) is 0 Å². The van der Waals surface area contributed by atoms with Crippen LogP contribution in [-0.4, -0.2) is 36.0 Å². The molecule has 2 N–H and O–H groups in total. The van der Waals surface area contributed by atoms with E-state index in [2.05, 4.69) is 10.1 Å². The van der Waals surface area contributed by atoms with Gasteiger partial charge >= 0.3 is 0 Å². The minimum Gasteiger partial charge on any atom is -0.376 e. The molecular weight excluding hydrogens is 234 g/mol. The highest BCUT2D eigenvalue weighted by molar-refractivity contribution is 4.99. The standard InChI is InChI=1S/C12H19N3O3/c13-9-3-1-2-8(6-9)12-14-11(15-18-12)10-7-16-4-5-17-10/h8-10H,1-7,13H2. The summed E-state index contributed by atoms with van der Waals surface area (Å²) in [7, 11) is 0. The molecular formula is C12H19N3O3. The first kappa shape index (κ1) is 12.1. The lowest BCUT2D eigenvalue weighted by Crippen LogP contribution is -2.27. The zero-order chi connectivity index (χ0) is 12.4. The molecule has 6 heteroatoms. The van der Waals surface area contributed by atoms with E-state index in [1.807, 2.05) is 0 Å². The normalized spacial score (nSPS) is 33.5. The fraction of sp³-hybridized carbons (Fsp3) is 0.833. The van der Waals surface area contributed by atoms with Gasteiger partial charge in [-0.2, -0.15) is 4.98 Å². The highest BCUT2D eigenvalue weighted by Crippen LogP contribution is 2.32. The lowest BCUT2D eigenvalue weighted by atomic mass is 9.86. The number of hydrogen-bond acceptors (Lipinski definition) is 6. The summed E-state index contributed by atoms with van der Waals surface area (Å²) in [6.07, 6.45) is 4.05. The van der Waals surface area contributed by atoms with Gasteiger partial charge < -0.3 is 19.7 Å². The quantitative estimate of drug-likeness (QED) is 0.851. The number of nitrogens with zero attached hydrogens (tertiary/aromatic N) is 2. The minimum atomic E-state index is -0.187. The van der Waals surface area contributed by atoms with E-state index in [0.717, 1.165) is 25.7 Å². The Kier molecular flexibility index (Phi) is 3.58. The van der Waals surface area contributed by atoms with Gasteiger partial charge in [0.2, 0.25) is 11.7 Å². The molecule has 1 aliphatic carbocycles. The third-order valence-corrected chi connectivity index (χ3v) is 3.63. The van der Waals surface area contributed by atoms with Crippen LogP contribution >= 0.6 is 0 Å². The molecule has 3 atom stereocenters. The summed E-state index contributed by atoms with van der Waals surface area (Å²) >= 11 is 0. The Balaban J connectivity index is 1.68. The largest absolute Gasteiger partial charge is 0.376 e. The lowest BCUT2D eigenvalue weighted by Gasteiger charge is -2.23. The van der Waals surface area contributed by atoms with Crippen molar-refractivity contribution in [2.45, 2.75) is 43.7 Å². The van der Waals surface area contributed by atoms with Crippen LogP contribution in [0.3, 0.4) is 0 Å². The Morgan fingerprint density at radius 2 is 2.17 bits per heavy atom. The molecule has 18 heavy (non-hydrogen) atoms. The molecule has 0 bridgehead atoms. The van der Waals surface area contributed by atoms with Gasteiger partial charge in [0.25, 0.3) is 0 Å². The minimum absolute atomic E-state index is 0.187. The maximum absolute atomic E-state index is 5.98. The van der Waals surface area contributed by atoms with Crippen molar-refractivity contribution in [2.75, 3.05) is 19.8 Å². The van der Waals surface area contributed by atoms with Crippen molar-refractivity contribution in [3.05, 3.63) is 11.7 Å². The van der Waals surface area contributed by atoms with E-state index in [9.17, 15) is 0 Å². The van der Waals surface area contributed by atoms with Crippen LogP contribution in [0.2, 0.25) is 0 Å². The van der Waals surface area contributed by atoms with Gasteiger partial charge in [0.1, 0.15) is 6.10 Å². The molecule has 2 fully saturated rings. The van der Waals surface area contributed by atoms with Gasteiger partial charge in [-0.05, 0) is 19.3 Å². The smallest absolute Gasteiger partial charge is 0.229 e. The van der Waals surface area contributed by atoms with Crippen molar-refractivity contribution in [1.82, 2.24) is 10.1 Å². The fourth-order valence-corrected chi connectivity index (χ4v) is 2.63. The SMILES string of the molecule is NC1CCCC(c2nc(C3COCCO3)no2)C1. The molecule has 1 aromatic heterocycles. The highest BCUT2D eigenvalue weighted by atomic mass is 16.6. The first-order valence-electron chi connectivity index (χ1n) is 6.61. The van der Waals surface area contributed by atoms with Crippen molar-refractivity contribution in [1.29, 1.82) is 0 Å². The molecule has 2 heterocycles. The Morgan fingerprint density at radius 1 is 1.22 bits per heavy atom. The molecule has 2 aliphatic rings. The summed E-state index contributed by atoms with van der Waals surface area (Å²) in [4.78, 5) is 4.45. The van der Waals surface area contributed by atoms with Gasteiger partial charge in [-0.15, -0.1) is 0 Å². The van der Waals surface area contributed by atoms with Crippen LogP contribution in [0.25, 0.3) is 0 Å². The van der Waals surface area contributed by atoms with E-state index in [1.54, 1.807) is 0 Å². The Hall–Kier alpha value is -0.980. The van der Waals surface area contributed by atoms with Crippen LogP contribution in [0.5, 0.6) is 0 Å². The Bertz CT molecular complexity index is 390. The first-order valence-corrected chi connectivity index (χ1v) is 6.61. The summed E-state index contributed by atoms with van der Waals surface area (Å²) < 4.78 is 16.2. The number of hydrogen-bond donors (Lipinski definition) is 1. The van der Waals surface area contributed by atoms with Crippen LogP contribution in [-0.2, 0) is 9.47 Å². The topological polar surface area (TPSA) is 83.4 Å². The predicted octanol–water partition coefficient (Wildman–Crippen LogP) is 1.14. The zero-order valence-corrected chi connectivity index (χ0v) is 10.4. The maximum Gasteiger partial charge on any atom is 0.229 e. The molecule has 6 nitrogen and oxygen atoms in total. The van der Waals surface area contributed by atoms with Crippen molar-refractivity contribution < 1.29 is 14.0 Å². The summed E-state index contributed by atoms with van der Waals surface area (Å²) in [5, 5.41) is 4.01. The van der Waals surface area contributed by atoms with Crippen LogP contribution in [0.1, 0.15) is 49.4 Å². The lowest BCUT2D eigenvalue weighted by molar-refractivity contribution is -0.0941. The Morgan fingerprint density at radius 3 is 2.94 bits per heavy atom. The van der Waals surface area contributed by atoms with E-state index < -0.39 is 0 Å². The summed E-state index contributed by atoms with van der Waals surface area (Å²) in [6, 6.07) is 0.258. The van der Waals surface area contributed by atoms with Gasteiger partial charge in [0.15, 0.2) is 0 Å².